The lowest BCUT2D eigenvalue weighted by Gasteiger charge is -2.27. The van der Waals surface area contributed by atoms with E-state index in [1.54, 1.807) is 11.3 Å². The number of thiazole rings is 1. The molecular weight excluding hydrogens is 254 g/mol. The van der Waals surface area contributed by atoms with E-state index in [1.165, 1.54) is 30.6 Å². The molecule has 1 heterocycles. The Balaban J connectivity index is 0.00000108. The maximum Gasteiger partial charge on any atom is 0.180 e. The minimum absolute atomic E-state index is 0. The van der Waals surface area contributed by atoms with Crippen LogP contribution in [0.5, 0.6) is 0 Å². The van der Waals surface area contributed by atoms with Crippen LogP contribution in [0.1, 0.15) is 30.6 Å². The lowest BCUT2D eigenvalue weighted by molar-refractivity contribution is 0.188. The molecule has 2 saturated carbocycles. The van der Waals surface area contributed by atoms with Crippen LogP contribution >= 0.6 is 23.7 Å². The summed E-state index contributed by atoms with van der Waals surface area (Å²) in [4.78, 5) is 7.95. The van der Waals surface area contributed by atoms with Crippen LogP contribution in [-0.2, 0) is 6.54 Å². The fraction of sp³-hybridized carbons (Fsp3) is 0.750. The van der Waals surface area contributed by atoms with Gasteiger partial charge in [0.05, 0.1) is 0 Å². The highest BCUT2D eigenvalue weighted by Crippen LogP contribution is 2.47. The molecule has 96 valence electrons. The van der Waals surface area contributed by atoms with Gasteiger partial charge in [-0.05, 0) is 44.6 Å². The highest BCUT2D eigenvalue weighted by atomic mass is 35.5. The smallest absolute Gasteiger partial charge is 0.180 e. The first-order valence-electron chi connectivity index (χ1n) is 6.14. The van der Waals surface area contributed by atoms with E-state index < -0.39 is 0 Å². The average Bonchev–Trinajstić information content (AvgIpc) is 3.11. The predicted molar refractivity (Wildman–Crippen MR) is 74.5 cm³/mol. The Morgan fingerprint density at radius 2 is 2.00 bits per heavy atom. The molecule has 1 aromatic rings. The lowest BCUT2D eigenvalue weighted by atomic mass is 10.1. The Kier molecular flexibility index (Phi) is 3.95. The molecule has 0 atom stereocenters. The molecule has 0 unspecified atom stereocenters. The van der Waals surface area contributed by atoms with E-state index in [0.717, 1.165) is 24.4 Å². The largest absolute Gasteiger partial charge is 0.375 e. The molecule has 17 heavy (non-hydrogen) atoms. The molecule has 3 nitrogen and oxygen atoms in total. The van der Waals surface area contributed by atoms with Gasteiger partial charge < -0.3 is 5.73 Å². The summed E-state index contributed by atoms with van der Waals surface area (Å²) < 4.78 is 0. The van der Waals surface area contributed by atoms with E-state index in [-0.39, 0.29) is 12.4 Å². The first-order valence-corrected chi connectivity index (χ1v) is 6.96. The molecule has 0 aromatic carbocycles. The SMILES string of the molecule is CN(Cc1cnc(N)s1)C(C1CC1)C1CC1.Cl. The highest BCUT2D eigenvalue weighted by molar-refractivity contribution is 7.15. The van der Waals surface area contributed by atoms with Crippen molar-refractivity contribution in [1.82, 2.24) is 9.88 Å². The standard InChI is InChI=1S/C12H19N3S.ClH/c1-15(7-10-6-14-12(13)16-10)11(8-2-3-8)9-4-5-9;/h6,8-9,11H,2-5,7H2,1H3,(H2,13,14);1H. The number of nitrogens with two attached hydrogens (primary N) is 1. The molecule has 0 bridgehead atoms. The summed E-state index contributed by atoms with van der Waals surface area (Å²) in [6.07, 6.45) is 7.69. The zero-order valence-electron chi connectivity index (χ0n) is 10.1. The molecule has 1 aromatic heterocycles. The number of halogens is 1. The van der Waals surface area contributed by atoms with Gasteiger partial charge in [-0.25, -0.2) is 4.98 Å². The second-order valence-electron chi connectivity index (χ2n) is 5.25. The molecule has 2 N–H and O–H groups in total. The summed E-state index contributed by atoms with van der Waals surface area (Å²) in [6, 6.07) is 0.823. The number of aromatic nitrogens is 1. The molecule has 0 saturated heterocycles. The third-order valence-corrected chi connectivity index (χ3v) is 4.51. The molecule has 2 aliphatic carbocycles. The van der Waals surface area contributed by atoms with Crippen molar-refractivity contribution in [1.29, 1.82) is 0 Å². The van der Waals surface area contributed by atoms with E-state index >= 15 is 0 Å². The van der Waals surface area contributed by atoms with Crippen molar-refractivity contribution in [3.63, 3.8) is 0 Å². The van der Waals surface area contributed by atoms with Crippen molar-refractivity contribution in [3.05, 3.63) is 11.1 Å². The Hall–Kier alpha value is -0.320. The van der Waals surface area contributed by atoms with Gasteiger partial charge in [-0.1, -0.05) is 0 Å². The molecule has 2 fully saturated rings. The summed E-state index contributed by atoms with van der Waals surface area (Å²) in [5.74, 6) is 1.95. The molecule has 0 aliphatic heterocycles. The molecule has 0 radical (unpaired) electrons. The number of hydrogen-bond acceptors (Lipinski definition) is 4. The van der Waals surface area contributed by atoms with Gasteiger partial charge in [0.15, 0.2) is 5.13 Å². The number of nitrogens with zero attached hydrogens (tertiary/aromatic N) is 2. The van der Waals surface area contributed by atoms with Crippen molar-refractivity contribution < 1.29 is 0 Å². The Labute approximate surface area is 113 Å². The molecule has 2 aliphatic rings. The van der Waals surface area contributed by atoms with Gasteiger partial charge in [0.2, 0.25) is 0 Å². The van der Waals surface area contributed by atoms with Crippen LogP contribution in [0.25, 0.3) is 0 Å². The van der Waals surface area contributed by atoms with Gasteiger partial charge in [0.1, 0.15) is 0 Å². The van der Waals surface area contributed by atoms with Crippen LogP contribution in [0, 0.1) is 11.8 Å². The third kappa shape index (κ3) is 3.12. The number of rotatable bonds is 5. The zero-order chi connectivity index (χ0) is 11.1. The van der Waals surface area contributed by atoms with E-state index in [2.05, 4.69) is 16.9 Å². The van der Waals surface area contributed by atoms with E-state index in [4.69, 9.17) is 5.73 Å². The van der Waals surface area contributed by atoms with Crippen LogP contribution in [0.4, 0.5) is 5.13 Å². The van der Waals surface area contributed by atoms with Gasteiger partial charge in [-0.15, -0.1) is 23.7 Å². The summed E-state index contributed by atoms with van der Waals surface area (Å²) in [5, 5.41) is 0.692. The Bertz CT molecular complexity index is 362. The molecule has 5 heteroatoms. The van der Waals surface area contributed by atoms with Crippen molar-refractivity contribution in [2.45, 2.75) is 38.3 Å². The van der Waals surface area contributed by atoms with Gasteiger partial charge in [-0.3, -0.25) is 4.90 Å². The van der Waals surface area contributed by atoms with E-state index in [1.807, 2.05) is 6.20 Å². The van der Waals surface area contributed by atoms with Gasteiger partial charge >= 0.3 is 0 Å². The summed E-state index contributed by atoms with van der Waals surface area (Å²) in [6.45, 7) is 1.02. The normalized spacial score (nSPS) is 19.7. The topological polar surface area (TPSA) is 42.2 Å². The van der Waals surface area contributed by atoms with Crippen LogP contribution in [0.3, 0.4) is 0 Å². The van der Waals surface area contributed by atoms with Gasteiger partial charge in [0, 0.05) is 23.7 Å². The van der Waals surface area contributed by atoms with Crippen LogP contribution in [-0.4, -0.2) is 23.0 Å². The summed E-state index contributed by atoms with van der Waals surface area (Å²) >= 11 is 1.62. The number of anilines is 1. The van der Waals surface area contributed by atoms with Gasteiger partial charge in [-0.2, -0.15) is 0 Å². The first kappa shape index (κ1) is 13.1. The Morgan fingerprint density at radius 3 is 2.41 bits per heavy atom. The van der Waals surface area contributed by atoms with Crippen molar-refractivity contribution >= 4 is 28.9 Å². The van der Waals surface area contributed by atoms with Crippen LogP contribution in [0.15, 0.2) is 6.20 Å². The fourth-order valence-electron chi connectivity index (χ4n) is 2.73. The van der Waals surface area contributed by atoms with E-state index in [0.29, 0.717) is 5.13 Å². The third-order valence-electron chi connectivity index (χ3n) is 3.70. The summed E-state index contributed by atoms with van der Waals surface area (Å²) in [7, 11) is 2.26. The molecule has 0 spiro atoms. The second kappa shape index (κ2) is 5.12. The maximum atomic E-state index is 5.66. The van der Waals surface area contributed by atoms with Crippen LogP contribution in [0.2, 0.25) is 0 Å². The van der Waals surface area contributed by atoms with E-state index in [9.17, 15) is 0 Å². The second-order valence-corrected chi connectivity index (χ2v) is 6.39. The fourth-order valence-corrected chi connectivity index (χ4v) is 3.47. The maximum absolute atomic E-state index is 5.66. The predicted octanol–water partition coefficient (Wildman–Crippen LogP) is 2.77. The van der Waals surface area contributed by atoms with Crippen molar-refractivity contribution in [3.8, 4) is 0 Å². The molecule has 0 amide bonds. The number of nitrogen functional groups attached to an aromatic ring is 1. The highest BCUT2D eigenvalue weighted by Gasteiger charge is 2.43. The number of hydrogen-bond donors (Lipinski definition) is 1. The van der Waals surface area contributed by atoms with Crippen LogP contribution < -0.4 is 5.73 Å². The zero-order valence-corrected chi connectivity index (χ0v) is 11.8. The minimum atomic E-state index is 0. The first-order chi connectivity index (χ1) is 7.74. The van der Waals surface area contributed by atoms with Crippen molar-refractivity contribution in [2.24, 2.45) is 11.8 Å². The summed E-state index contributed by atoms with van der Waals surface area (Å²) in [5.41, 5.74) is 5.66. The minimum Gasteiger partial charge on any atom is -0.375 e. The van der Waals surface area contributed by atoms with Crippen molar-refractivity contribution in [2.75, 3.05) is 12.8 Å². The lowest BCUT2D eigenvalue weighted by Crippen LogP contribution is -2.34. The molecular formula is C12H20ClN3S. The Morgan fingerprint density at radius 1 is 1.41 bits per heavy atom. The average molecular weight is 274 g/mol. The quantitative estimate of drug-likeness (QED) is 0.897. The molecule has 3 rings (SSSR count). The monoisotopic (exact) mass is 273 g/mol. The van der Waals surface area contributed by atoms with Gasteiger partial charge in [0.25, 0.3) is 0 Å².